The molecule has 1 aromatic carbocycles. The van der Waals surface area contributed by atoms with E-state index in [4.69, 9.17) is 0 Å². The standard InChI is InChI=1S/C7H5N2/c1-2-4-7-6(3-1)5-8-9-7/h2-5,9H/q+1. The second-order valence-electron chi connectivity index (χ2n) is 1.88. The van der Waals surface area contributed by atoms with E-state index in [2.05, 4.69) is 16.6 Å². The quantitative estimate of drug-likeness (QED) is 0.528. The number of hydrogen-bond donors (Lipinski definition) is 1. The van der Waals surface area contributed by atoms with Crippen LogP contribution in [0.2, 0.25) is 0 Å². The van der Waals surface area contributed by atoms with E-state index in [9.17, 15) is 0 Å². The van der Waals surface area contributed by atoms with E-state index in [0.717, 1.165) is 11.3 Å². The topological polar surface area (TPSA) is 26.1 Å². The van der Waals surface area contributed by atoms with Crippen LogP contribution in [0.1, 0.15) is 5.56 Å². The summed E-state index contributed by atoms with van der Waals surface area (Å²) in [6.07, 6.45) is 1.78. The van der Waals surface area contributed by atoms with Crippen molar-refractivity contribution in [1.29, 1.82) is 0 Å². The lowest BCUT2D eigenvalue weighted by Gasteiger charge is -1.85. The van der Waals surface area contributed by atoms with E-state index < -0.39 is 0 Å². The average Bonchev–Trinajstić information content (AvgIpc) is 2.33. The van der Waals surface area contributed by atoms with Gasteiger partial charge in [-0.3, -0.25) is 0 Å². The smallest absolute Gasteiger partial charge is 0.100 e. The summed E-state index contributed by atoms with van der Waals surface area (Å²) in [4.78, 5) is 0. The van der Waals surface area contributed by atoms with Crippen LogP contribution in [-0.4, -0.2) is 6.21 Å². The van der Waals surface area contributed by atoms with Gasteiger partial charge in [-0.2, -0.15) is 0 Å². The number of hydrazone groups is 1. The Bertz CT molecular complexity index is 253. The molecule has 1 aromatic rings. The van der Waals surface area contributed by atoms with Crippen molar-refractivity contribution >= 4 is 11.9 Å². The summed E-state index contributed by atoms with van der Waals surface area (Å²) in [6.45, 7) is 0. The summed E-state index contributed by atoms with van der Waals surface area (Å²) in [5.74, 6) is 0. The van der Waals surface area contributed by atoms with Gasteiger partial charge in [0.05, 0.1) is 5.56 Å². The first kappa shape index (κ1) is 4.56. The Morgan fingerprint density at radius 2 is 2.56 bits per heavy atom. The van der Waals surface area contributed by atoms with Crippen LogP contribution in [0.3, 0.4) is 0 Å². The zero-order chi connectivity index (χ0) is 6.10. The normalized spacial score (nSPS) is 12.9. The van der Waals surface area contributed by atoms with Crippen molar-refractivity contribution in [2.75, 3.05) is 5.43 Å². The van der Waals surface area contributed by atoms with Gasteiger partial charge in [0.2, 0.25) is 0 Å². The number of nitrogens with one attached hydrogen (secondary N) is 1. The van der Waals surface area contributed by atoms with E-state index in [0.29, 0.717) is 0 Å². The number of rotatable bonds is 0. The first-order valence-electron chi connectivity index (χ1n) is 2.76. The minimum absolute atomic E-state index is 1.06. The zero-order valence-electron chi connectivity index (χ0n) is 4.76. The molecule has 0 fully saturated rings. The van der Waals surface area contributed by atoms with Crippen LogP contribution in [-0.2, 0) is 0 Å². The highest BCUT2D eigenvalue weighted by atomic mass is 15.3. The molecule has 2 rings (SSSR count). The van der Waals surface area contributed by atoms with Crippen molar-refractivity contribution in [2.45, 2.75) is 0 Å². The Balaban J connectivity index is 2.63. The molecule has 0 saturated heterocycles. The SMILES string of the molecule is [c]1ccc2c(c1)C=[N+]N2. The second kappa shape index (κ2) is 1.58. The molecule has 0 saturated carbocycles. The highest BCUT2D eigenvalue weighted by Crippen LogP contribution is 2.12. The summed E-state index contributed by atoms with van der Waals surface area (Å²) in [7, 11) is 0. The van der Waals surface area contributed by atoms with E-state index in [1.165, 1.54) is 0 Å². The number of hydrogen-bond acceptors (Lipinski definition) is 2. The molecule has 9 heavy (non-hydrogen) atoms. The Morgan fingerprint density at radius 3 is 3.44 bits per heavy atom. The molecular formula is C7H5N2+. The van der Waals surface area contributed by atoms with Crippen molar-refractivity contribution in [3.63, 3.8) is 0 Å². The molecule has 2 radical (unpaired) electrons. The molecule has 0 aromatic heterocycles. The van der Waals surface area contributed by atoms with Gasteiger partial charge in [0.25, 0.3) is 6.21 Å². The summed E-state index contributed by atoms with van der Waals surface area (Å²) in [6, 6.07) is 8.67. The van der Waals surface area contributed by atoms with Crippen LogP contribution in [0, 0.1) is 6.07 Å². The molecule has 42 valence electrons. The lowest BCUT2D eigenvalue weighted by Crippen LogP contribution is -1.91. The summed E-state index contributed by atoms with van der Waals surface area (Å²) in [5, 5.41) is 3.86. The van der Waals surface area contributed by atoms with Crippen LogP contribution >= 0.6 is 0 Å². The molecule has 1 aliphatic rings. The fraction of sp³-hybridized carbons (Fsp3) is 0. The summed E-state index contributed by atoms with van der Waals surface area (Å²) < 4.78 is 0. The predicted octanol–water partition coefficient (Wildman–Crippen LogP) is 0.582. The van der Waals surface area contributed by atoms with E-state index in [1.54, 1.807) is 6.21 Å². The van der Waals surface area contributed by atoms with Crippen LogP contribution in [0.5, 0.6) is 0 Å². The molecule has 2 nitrogen and oxygen atoms in total. The van der Waals surface area contributed by atoms with Crippen molar-refractivity contribution in [2.24, 2.45) is 0 Å². The maximum Gasteiger partial charge on any atom is 0.284 e. The highest BCUT2D eigenvalue weighted by Gasteiger charge is 2.11. The first-order valence-corrected chi connectivity index (χ1v) is 2.76. The maximum atomic E-state index is 3.86. The molecular weight excluding hydrogens is 112 g/mol. The fourth-order valence-electron chi connectivity index (χ4n) is 0.823. The number of benzene rings is 1. The molecule has 1 N–H and O–H groups in total. The third kappa shape index (κ3) is 0.598. The van der Waals surface area contributed by atoms with Crippen LogP contribution in [0.15, 0.2) is 18.2 Å². The average molecular weight is 117 g/mol. The van der Waals surface area contributed by atoms with Gasteiger partial charge in [-0.05, 0) is 18.2 Å². The zero-order valence-corrected chi connectivity index (χ0v) is 4.76. The van der Waals surface area contributed by atoms with Gasteiger partial charge < -0.3 is 0 Å². The molecule has 1 aliphatic heterocycles. The molecule has 0 unspecified atom stereocenters. The Kier molecular flexibility index (Phi) is 0.803. The first-order chi connectivity index (χ1) is 4.47. The molecule has 1 heterocycles. The van der Waals surface area contributed by atoms with Gasteiger partial charge in [0, 0.05) is 0 Å². The highest BCUT2D eigenvalue weighted by molar-refractivity contribution is 5.90. The lowest BCUT2D eigenvalue weighted by atomic mass is 10.2. The fourth-order valence-corrected chi connectivity index (χ4v) is 0.823. The number of fused-ring (bicyclic) bond motifs is 1. The molecule has 0 aliphatic carbocycles. The molecule has 0 amide bonds. The van der Waals surface area contributed by atoms with Gasteiger partial charge in [-0.25, -0.2) is 0 Å². The Hall–Kier alpha value is -1.31. The van der Waals surface area contributed by atoms with Crippen LogP contribution in [0.25, 0.3) is 0 Å². The van der Waals surface area contributed by atoms with E-state index in [-0.39, 0.29) is 0 Å². The van der Waals surface area contributed by atoms with Gasteiger partial charge in [-0.1, -0.05) is 6.07 Å². The third-order valence-corrected chi connectivity index (χ3v) is 1.28. The Morgan fingerprint density at radius 1 is 1.56 bits per heavy atom. The molecule has 0 spiro atoms. The minimum atomic E-state index is 1.06. The van der Waals surface area contributed by atoms with Crippen molar-refractivity contribution in [3.8, 4) is 0 Å². The van der Waals surface area contributed by atoms with Crippen molar-refractivity contribution in [1.82, 2.24) is 5.10 Å². The van der Waals surface area contributed by atoms with Crippen molar-refractivity contribution in [3.05, 3.63) is 29.8 Å². The minimum Gasteiger partial charge on any atom is -0.100 e. The van der Waals surface area contributed by atoms with Gasteiger partial charge in [0.1, 0.15) is 5.69 Å². The monoisotopic (exact) mass is 117 g/mol. The number of nitrogens with zero attached hydrogens (tertiary/aromatic N) is 1. The van der Waals surface area contributed by atoms with Crippen molar-refractivity contribution < 1.29 is 0 Å². The molecule has 0 atom stereocenters. The largest absolute Gasteiger partial charge is 0.284 e. The predicted molar refractivity (Wildman–Crippen MR) is 36.2 cm³/mol. The maximum absolute atomic E-state index is 3.86. The molecule has 0 bridgehead atoms. The lowest BCUT2D eigenvalue weighted by molar-refractivity contribution is 1.25. The molecule has 2 heteroatoms. The Labute approximate surface area is 53.2 Å². The van der Waals surface area contributed by atoms with Gasteiger partial charge >= 0.3 is 0 Å². The summed E-state index contributed by atoms with van der Waals surface area (Å²) >= 11 is 0. The summed E-state index contributed by atoms with van der Waals surface area (Å²) in [5.41, 5.74) is 5.02. The van der Waals surface area contributed by atoms with E-state index in [1.807, 2.05) is 18.2 Å². The van der Waals surface area contributed by atoms with Gasteiger partial charge in [0.15, 0.2) is 5.10 Å². The number of anilines is 1. The van der Waals surface area contributed by atoms with Crippen LogP contribution < -0.4 is 10.5 Å². The van der Waals surface area contributed by atoms with Gasteiger partial charge in [-0.15, -0.1) is 5.43 Å². The third-order valence-electron chi connectivity index (χ3n) is 1.28. The van der Waals surface area contributed by atoms with Crippen LogP contribution in [0.4, 0.5) is 5.69 Å². The second-order valence-corrected chi connectivity index (χ2v) is 1.88. The van der Waals surface area contributed by atoms with E-state index >= 15 is 0 Å².